The van der Waals surface area contributed by atoms with E-state index in [0.717, 1.165) is 0 Å². The Morgan fingerprint density at radius 1 is 1.43 bits per heavy atom. The summed E-state index contributed by atoms with van der Waals surface area (Å²) in [5.74, 6) is 0. The molecule has 0 aliphatic rings. The van der Waals surface area contributed by atoms with Crippen molar-refractivity contribution in [2.45, 2.75) is 0 Å². The second kappa shape index (κ2) is 3.12. The fraction of sp³-hybridized carbons (Fsp3) is 1.00. The van der Waals surface area contributed by atoms with Crippen molar-refractivity contribution in [1.29, 1.82) is 0 Å². The molecule has 0 bridgehead atoms. The molecule has 0 aliphatic heterocycles. The van der Waals surface area contributed by atoms with Crippen LogP contribution in [-0.2, 0) is 13.2 Å². The van der Waals surface area contributed by atoms with Crippen LogP contribution in [-0.4, -0.2) is 6.66 Å². The van der Waals surface area contributed by atoms with Crippen LogP contribution in [0.15, 0.2) is 0 Å². The van der Waals surface area contributed by atoms with Crippen LogP contribution in [0, 0.1) is 0 Å². The van der Waals surface area contributed by atoms with Crippen LogP contribution in [0.5, 0.6) is 0 Å². The molecule has 0 heterocycles. The van der Waals surface area contributed by atoms with Crippen molar-refractivity contribution in [3.63, 3.8) is 0 Å². The Kier molecular flexibility index (Phi) is 3.57. The van der Waals surface area contributed by atoms with Crippen LogP contribution in [0.1, 0.15) is 0 Å². The summed E-state index contributed by atoms with van der Waals surface area (Å²) in [5.41, 5.74) is 0. The first-order valence-electron chi connectivity index (χ1n) is 1.47. The first-order valence-corrected chi connectivity index (χ1v) is 4.40. The van der Waals surface area contributed by atoms with E-state index in [2.05, 4.69) is 8.62 Å². The topological polar surface area (TPSA) is 35.5 Å². The Morgan fingerprint density at radius 3 is 1.71 bits per heavy atom. The van der Waals surface area contributed by atoms with Gasteiger partial charge in [0.25, 0.3) is 0 Å². The van der Waals surface area contributed by atoms with Crippen molar-refractivity contribution in [1.82, 2.24) is 0 Å². The molecule has 2 unspecified atom stereocenters. The van der Waals surface area contributed by atoms with E-state index in [4.69, 9.17) is 0 Å². The average Bonchev–Trinajstić information content (AvgIpc) is 1.68. The van der Waals surface area contributed by atoms with Gasteiger partial charge in [-0.2, -0.15) is 0 Å². The van der Waals surface area contributed by atoms with Crippen LogP contribution in [0.25, 0.3) is 0 Å². The van der Waals surface area contributed by atoms with Gasteiger partial charge in [0, 0.05) is 25.6 Å². The maximum Gasteiger partial charge on any atom is 0.332 e. The molecular weight excluding hydrogens is 153 g/mol. The van der Waals surface area contributed by atoms with Gasteiger partial charge in [-0.05, 0) is 0 Å². The maximum atomic E-state index is 10.5. The zero-order chi connectivity index (χ0) is 5.91. The third kappa shape index (κ3) is 3.58. The molecule has 2 atom stereocenters. The molecule has 0 radical (unpaired) electrons. The van der Waals surface area contributed by atoms with Gasteiger partial charge in [0.1, 0.15) is 0 Å². The lowest BCUT2D eigenvalue weighted by molar-refractivity contribution is 0.439. The van der Waals surface area contributed by atoms with Gasteiger partial charge in [-0.3, -0.25) is 13.2 Å². The van der Waals surface area contributed by atoms with E-state index in [-0.39, 0.29) is 0 Å². The minimum absolute atomic E-state index is 1.37. The molecular formula is CH7O3P3. The Morgan fingerprint density at radius 2 is 1.71 bits per heavy atom. The molecule has 0 aromatic heterocycles. The summed E-state index contributed by atoms with van der Waals surface area (Å²) in [6.07, 6.45) is 0. The van der Waals surface area contributed by atoms with Crippen molar-refractivity contribution in [3.8, 4) is 0 Å². The van der Waals surface area contributed by atoms with Crippen LogP contribution in [0.4, 0.5) is 0 Å². The Labute approximate surface area is 47.3 Å². The van der Waals surface area contributed by atoms with Gasteiger partial charge < -0.3 is 0 Å². The number of hydrogen-bond donors (Lipinski definition) is 0. The fourth-order valence-electron chi connectivity index (χ4n) is 0.0248. The van der Waals surface area contributed by atoms with E-state index in [9.17, 15) is 4.57 Å². The van der Waals surface area contributed by atoms with Crippen molar-refractivity contribution in [2.24, 2.45) is 0 Å². The van der Waals surface area contributed by atoms with Crippen LogP contribution in [0.2, 0.25) is 0 Å². The third-order valence-corrected chi connectivity index (χ3v) is 3.45. The van der Waals surface area contributed by atoms with Crippen LogP contribution in [0.3, 0.4) is 0 Å². The maximum absolute atomic E-state index is 10.5. The predicted octanol–water partition coefficient (Wildman–Crippen LogP) is 1.42. The van der Waals surface area contributed by atoms with E-state index in [1.165, 1.54) is 6.66 Å². The Bertz CT molecular complexity index is 82.2. The number of rotatable bonds is 2. The highest BCUT2D eigenvalue weighted by molar-refractivity contribution is 7.60. The molecule has 0 saturated carbocycles. The van der Waals surface area contributed by atoms with Crippen molar-refractivity contribution >= 4 is 26.5 Å². The lowest BCUT2D eigenvalue weighted by Gasteiger charge is -2.03. The lowest BCUT2D eigenvalue weighted by atomic mass is 12.0. The summed E-state index contributed by atoms with van der Waals surface area (Å²) in [7, 11) is 1.01. The minimum Gasteiger partial charge on any atom is -0.292 e. The molecule has 0 amide bonds. The molecule has 44 valence electrons. The molecule has 0 aliphatic carbocycles. The SMILES string of the molecule is CP(=O)(OP)OP. The first kappa shape index (κ1) is 8.01. The standard InChI is InChI=1S/CH7O3P3/c1-7(2,3-5)4-6/h5-6H2,1H3. The zero-order valence-electron chi connectivity index (χ0n) is 3.83. The summed E-state index contributed by atoms with van der Waals surface area (Å²) in [5, 5.41) is 0. The van der Waals surface area contributed by atoms with Gasteiger partial charge in [-0.25, -0.2) is 0 Å². The molecule has 0 aromatic carbocycles. The molecule has 0 rings (SSSR count). The van der Waals surface area contributed by atoms with Gasteiger partial charge in [0.2, 0.25) is 0 Å². The van der Waals surface area contributed by atoms with Gasteiger partial charge in [0.05, 0.1) is 0 Å². The smallest absolute Gasteiger partial charge is 0.292 e. The normalized spacial score (nSPS) is 11.9. The van der Waals surface area contributed by atoms with Gasteiger partial charge in [-0.15, -0.1) is 0 Å². The number of hydrogen-bond acceptors (Lipinski definition) is 3. The summed E-state index contributed by atoms with van der Waals surface area (Å²) in [4.78, 5) is 0. The molecule has 3 nitrogen and oxygen atoms in total. The summed E-state index contributed by atoms with van der Waals surface area (Å²) in [6.45, 7) is 1.37. The average molecular weight is 160 g/mol. The molecule has 0 fully saturated rings. The van der Waals surface area contributed by atoms with Crippen molar-refractivity contribution < 1.29 is 13.2 Å². The predicted molar refractivity (Wildman–Crippen MR) is 35.1 cm³/mol. The highest BCUT2D eigenvalue weighted by Crippen LogP contribution is 2.47. The Balaban J connectivity index is 3.61. The second-order valence-electron chi connectivity index (χ2n) is 0.982. The molecule has 7 heavy (non-hydrogen) atoms. The highest BCUT2D eigenvalue weighted by atomic mass is 31.2. The zero-order valence-corrected chi connectivity index (χ0v) is 7.03. The summed E-state index contributed by atoms with van der Waals surface area (Å²) >= 11 is 0. The molecule has 0 N–H and O–H groups in total. The van der Waals surface area contributed by atoms with E-state index in [1.54, 1.807) is 0 Å². The van der Waals surface area contributed by atoms with Gasteiger partial charge in [0.15, 0.2) is 0 Å². The quantitative estimate of drug-likeness (QED) is 0.573. The molecule has 6 heteroatoms. The molecule has 0 spiro atoms. The largest absolute Gasteiger partial charge is 0.332 e. The molecule has 0 aromatic rings. The van der Waals surface area contributed by atoms with Gasteiger partial charge >= 0.3 is 7.60 Å². The second-order valence-corrected chi connectivity index (χ2v) is 4.21. The van der Waals surface area contributed by atoms with Crippen molar-refractivity contribution in [2.75, 3.05) is 6.66 Å². The van der Waals surface area contributed by atoms with E-state index in [0.29, 0.717) is 0 Å². The lowest BCUT2D eigenvalue weighted by Crippen LogP contribution is -1.71. The molecule has 0 saturated heterocycles. The van der Waals surface area contributed by atoms with E-state index in [1.807, 2.05) is 18.9 Å². The van der Waals surface area contributed by atoms with Crippen LogP contribution < -0.4 is 0 Å². The summed E-state index contributed by atoms with van der Waals surface area (Å²) < 4.78 is 19.1. The van der Waals surface area contributed by atoms with E-state index < -0.39 is 7.60 Å². The van der Waals surface area contributed by atoms with Gasteiger partial charge in [-0.1, -0.05) is 0 Å². The highest BCUT2D eigenvalue weighted by Gasteiger charge is 2.09. The Hall–Kier alpha value is 1.01. The van der Waals surface area contributed by atoms with Crippen LogP contribution >= 0.6 is 26.5 Å². The van der Waals surface area contributed by atoms with Crippen molar-refractivity contribution in [3.05, 3.63) is 0 Å². The monoisotopic (exact) mass is 160 g/mol. The fourth-order valence-corrected chi connectivity index (χ4v) is 0.671. The van der Waals surface area contributed by atoms with E-state index >= 15 is 0 Å². The first-order chi connectivity index (χ1) is 3.12. The summed E-state index contributed by atoms with van der Waals surface area (Å²) in [6, 6.07) is 0. The third-order valence-electron chi connectivity index (χ3n) is 0.383. The minimum atomic E-state index is -2.73.